The average Bonchev–Trinajstić information content (AvgIpc) is 2.74. The number of carboxylic acid groups (broad SMARTS) is 1. The van der Waals surface area contributed by atoms with Crippen LogP contribution in [-0.4, -0.2) is 11.1 Å². The molecule has 0 spiro atoms. The van der Waals surface area contributed by atoms with Crippen molar-refractivity contribution < 1.29 is 9.90 Å². The van der Waals surface area contributed by atoms with Gasteiger partial charge in [-0.3, -0.25) is 4.79 Å². The van der Waals surface area contributed by atoms with Gasteiger partial charge in [0, 0.05) is 0 Å². The molecule has 0 radical (unpaired) electrons. The molecule has 0 heterocycles. The lowest BCUT2D eigenvalue weighted by Gasteiger charge is -2.38. The van der Waals surface area contributed by atoms with Crippen molar-refractivity contribution in [3.05, 3.63) is 34.4 Å². The summed E-state index contributed by atoms with van der Waals surface area (Å²) in [5.74, 6) is -0.285. The summed E-state index contributed by atoms with van der Waals surface area (Å²) in [6, 6.07) is 8.11. The number of hydrogen-bond acceptors (Lipinski definition) is 3. The number of hydrogen-bond donors (Lipinski definition) is 1. The van der Waals surface area contributed by atoms with Crippen molar-refractivity contribution in [3.8, 4) is 12.1 Å². The SMILES string of the molecule is CCCCCc1ccc(C2(C(=O)O)CCC(CCCCC)CC2)c(C#N)c1C#N. The zero-order valence-electron chi connectivity index (χ0n) is 18.0. The molecule has 1 aliphatic rings. The monoisotopic (exact) mass is 394 g/mol. The minimum Gasteiger partial charge on any atom is -0.481 e. The van der Waals surface area contributed by atoms with Crippen LogP contribution in [-0.2, 0) is 16.6 Å². The lowest BCUT2D eigenvalue weighted by molar-refractivity contribution is -0.145. The predicted octanol–water partition coefficient (Wildman–Crippen LogP) is 6.26. The number of rotatable bonds is 10. The molecule has 1 N–H and O–H groups in total. The second-order valence-electron chi connectivity index (χ2n) is 8.53. The van der Waals surface area contributed by atoms with E-state index in [2.05, 4.69) is 26.0 Å². The minimum atomic E-state index is -1.04. The van der Waals surface area contributed by atoms with Gasteiger partial charge in [-0.1, -0.05) is 64.5 Å². The molecule has 0 saturated heterocycles. The summed E-state index contributed by atoms with van der Waals surface area (Å²) < 4.78 is 0. The first-order chi connectivity index (χ1) is 14.0. The fourth-order valence-electron chi connectivity index (χ4n) is 4.80. The number of carboxylic acids is 1. The third-order valence-corrected chi connectivity index (χ3v) is 6.66. The van der Waals surface area contributed by atoms with E-state index in [-0.39, 0.29) is 5.56 Å². The van der Waals surface area contributed by atoms with Gasteiger partial charge in [0.1, 0.15) is 12.1 Å². The largest absolute Gasteiger partial charge is 0.481 e. The average molecular weight is 395 g/mol. The summed E-state index contributed by atoms with van der Waals surface area (Å²) in [5.41, 5.74) is 1.05. The maximum atomic E-state index is 12.4. The highest BCUT2D eigenvalue weighted by Crippen LogP contribution is 2.45. The van der Waals surface area contributed by atoms with Crippen LogP contribution in [0.4, 0.5) is 0 Å². The quantitative estimate of drug-likeness (QED) is 0.475. The highest BCUT2D eigenvalue weighted by molar-refractivity contribution is 5.83. The van der Waals surface area contributed by atoms with Gasteiger partial charge in [0.05, 0.1) is 16.5 Å². The molecule has 0 amide bonds. The van der Waals surface area contributed by atoms with Gasteiger partial charge in [-0.05, 0) is 55.6 Å². The van der Waals surface area contributed by atoms with Crippen LogP contribution < -0.4 is 0 Å². The Morgan fingerprint density at radius 3 is 2.21 bits per heavy atom. The van der Waals surface area contributed by atoms with E-state index in [1.807, 2.05) is 12.1 Å². The Kier molecular flexibility index (Phi) is 8.71. The van der Waals surface area contributed by atoms with Crippen molar-refractivity contribution in [2.45, 2.75) is 96.3 Å². The molecule has 1 saturated carbocycles. The Labute approximate surface area is 175 Å². The number of aliphatic carboxylic acids is 1. The van der Waals surface area contributed by atoms with E-state index in [0.29, 0.717) is 29.9 Å². The zero-order valence-corrected chi connectivity index (χ0v) is 18.0. The lowest BCUT2D eigenvalue weighted by Crippen LogP contribution is -2.40. The van der Waals surface area contributed by atoms with Gasteiger partial charge in [0.25, 0.3) is 0 Å². The first-order valence-electron chi connectivity index (χ1n) is 11.2. The number of nitrogens with zero attached hydrogens (tertiary/aromatic N) is 2. The maximum absolute atomic E-state index is 12.4. The summed E-state index contributed by atoms with van der Waals surface area (Å²) in [6.45, 7) is 4.32. The van der Waals surface area contributed by atoms with E-state index in [1.165, 1.54) is 19.3 Å². The first kappa shape index (κ1) is 23.0. The standard InChI is InChI=1S/C25H34N2O2/c1-3-5-7-9-19-13-15-25(16-14-19,24(28)29)23-12-11-20(10-8-6-4-2)21(17-26)22(23)18-27/h11-12,19H,3-10,13-16H2,1-2H3,(H,28,29). The second-order valence-corrected chi connectivity index (χ2v) is 8.53. The molecular formula is C25H34N2O2. The van der Waals surface area contributed by atoms with Gasteiger partial charge in [-0.2, -0.15) is 10.5 Å². The Morgan fingerprint density at radius 1 is 1.03 bits per heavy atom. The van der Waals surface area contributed by atoms with Gasteiger partial charge in [-0.15, -0.1) is 0 Å². The van der Waals surface area contributed by atoms with Crippen LogP contribution in [0.1, 0.15) is 107 Å². The molecule has 1 aromatic carbocycles. The molecule has 4 nitrogen and oxygen atoms in total. The van der Waals surface area contributed by atoms with E-state index in [0.717, 1.165) is 50.5 Å². The van der Waals surface area contributed by atoms with Crippen molar-refractivity contribution in [1.29, 1.82) is 10.5 Å². The highest BCUT2D eigenvalue weighted by Gasteiger charge is 2.45. The molecule has 0 atom stereocenters. The fraction of sp³-hybridized carbons (Fsp3) is 0.640. The molecule has 1 fully saturated rings. The summed E-state index contributed by atoms with van der Waals surface area (Å²) in [7, 11) is 0. The summed E-state index contributed by atoms with van der Waals surface area (Å²) >= 11 is 0. The Hall–Kier alpha value is -2.33. The van der Waals surface area contributed by atoms with Crippen molar-refractivity contribution in [2.75, 3.05) is 0 Å². The van der Waals surface area contributed by atoms with Gasteiger partial charge >= 0.3 is 5.97 Å². The van der Waals surface area contributed by atoms with E-state index in [9.17, 15) is 20.4 Å². The number of aryl methyl sites for hydroxylation is 1. The number of unbranched alkanes of at least 4 members (excludes halogenated alkanes) is 4. The molecule has 4 heteroatoms. The first-order valence-corrected chi connectivity index (χ1v) is 11.2. The highest BCUT2D eigenvalue weighted by atomic mass is 16.4. The van der Waals surface area contributed by atoms with Crippen LogP contribution in [0.25, 0.3) is 0 Å². The molecule has 0 aliphatic heterocycles. The third-order valence-electron chi connectivity index (χ3n) is 6.66. The van der Waals surface area contributed by atoms with Crippen LogP contribution in [0.5, 0.6) is 0 Å². The van der Waals surface area contributed by atoms with E-state index in [1.54, 1.807) is 0 Å². The zero-order chi connectivity index (χ0) is 21.3. The molecule has 156 valence electrons. The Bertz CT molecular complexity index is 777. The lowest BCUT2D eigenvalue weighted by atomic mass is 9.64. The summed E-state index contributed by atoms with van der Waals surface area (Å²) in [5, 5.41) is 29.8. The number of benzene rings is 1. The van der Waals surface area contributed by atoms with Crippen LogP contribution in [0.2, 0.25) is 0 Å². The smallest absolute Gasteiger partial charge is 0.314 e. The Balaban J connectivity index is 2.33. The molecule has 0 aromatic heterocycles. The van der Waals surface area contributed by atoms with Crippen molar-refractivity contribution in [1.82, 2.24) is 0 Å². The molecule has 0 unspecified atom stereocenters. The van der Waals surface area contributed by atoms with Crippen molar-refractivity contribution in [2.24, 2.45) is 5.92 Å². The second kappa shape index (κ2) is 11.0. The van der Waals surface area contributed by atoms with Crippen LogP contribution in [0, 0.1) is 28.6 Å². The van der Waals surface area contributed by atoms with E-state index in [4.69, 9.17) is 0 Å². The van der Waals surface area contributed by atoms with Gasteiger partial charge < -0.3 is 5.11 Å². The molecular weight excluding hydrogens is 360 g/mol. The summed E-state index contributed by atoms with van der Waals surface area (Å²) in [4.78, 5) is 12.4. The third kappa shape index (κ3) is 5.18. The molecule has 29 heavy (non-hydrogen) atoms. The van der Waals surface area contributed by atoms with Crippen LogP contribution in [0.15, 0.2) is 12.1 Å². The number of nitriles is 2. The van der Waals surface area contributed by atoms with Crippen LogP contribution >= 0.6 is 0 Å². The summed E-state index contributed by atoms with van der Waals surface area (Å²) in [6.07, 6.45) is 11.5. The molecule has 0 bridgehead atoms. The normalized spacial score (nSPS) is 21.3. The molecule has 1 aliphatic carbocycles. The van der Waals surface area contributed by atoms with Crippen molar-refractivity contribution in [3.63, 3.8) is 0 Å². The van der Waals surface area contributed by atoms with Gasteiger partial charge in [0.2, 0.25) is 0 Å². The topological polar surface area (TPSA) is 84.9 Å². The van der Waals surface area contributed by atoms with E-state index < -0.39 is 11.4 Å². The van der Waals surface area contributed by atoms with Gasteiger partial charge in [0.15, 0.2) is 0 Å². The number of carbonyl (C=O) groups is 1. The minimum absolute atomic E-state index is 0.285. The van der Waals surface area contributed by atoms with Gasteiger partial charge in [-0.25, -0.2) is 0 Å². The molecule has 1 aromatic rings. The van der Waals surface area contributed by atoms with Crippen molar-refractivity contribution >= 4 is 5.97 Å². The van der Waals surface area contributed by atoms with Crippen LogP contribution in [0.3, 0.4) is 0 Å². The van der Waals surface area contributed by atoms with E-state index >= 15 is 0 Å². The molecule has 2 rings (SSSR count). The predicted molar refractivity (Wildman–Crippen MR) is 115 cm³/mol. The maximum Gasteiger partial charge on any atom is 0.314 e. The Morgan fingerprint density at radius 2 is 1.66 bits per heavy atom. The fourth-order valence-corrected chi connectivity index (χ4v) is 4.80.